The van der Waals surface area contributed by atoms with Crippen LogP contribution in [0.3, 0.4) is 0 Å². The van der Waals surface area contributed by atoms with Gasteiger partial charge in [-0.15, -0.1) is 12.4 Å². The van der Waals surface area contributed by atoms with Crippen molar-refractivity contribution in [2.24, 2.45) is 5.92 Å². The Balaban J connectivity index is 0.00000180. The van der Waals surface area contributed by atoms with Gasteiger partial charge >= 0.3 is 5.97 Å². The van der Waals surface area contributed by atoms with Gasteiger partial charge < -0.3 is 10.0 Å². The number of benzene rings is 1. The van der Waals surface area contributed by atoms with Crippen LogP contribution in [0.4, 0.5) is 4.39 Å². The number of amides is 1. The number of aryl methyl sites for hydroxylation is 1. The molecule has 1 atom stereocenters. The first-order chi connectivity index (χ1) is 8.49. The summed E-state index contributed by atoms with van der Waals surface area (Å²) in [5.74, 6) is -2.44. The number of hydrogen-bond acceptors (Lipinski definition) is 2. The van der Waals surface area contributed by atoms with Crippen molar-refractivity contribution in [3.63, 3.8) is 0 Å². The van der Waals surface area contributed by atoms with Gasteiger partial charge in [-0.3, -0.25) is 9.59 Å². The molecule has 1 amide bonds. The fourth-order valence-electron chi connectivity index (χ4n) is 2.11. The van der Waals surface area contributed by atoms with Gasteiger partial charge in [0.15, 0.2) is 0 Å². The van der Waals surface area contributed by atoms with E-state index in [0.717, 1.165) is 5.56 Å². The standard InChI is InChI=1S/C13H14FNO3.ClH/c1-8-2-3-10(11(14)6-8)12(16)15-5-4-9(7-15)13(17)18;/h2-3,6,9H,4-5,7H2,1H3,(H,17,18);1H. The van der Waals surface area contributed by atoms with Gasteiger partial charge in [0.1, 0.15) is 5.82 Å². The van der Waals surface area contributed by atoms with Gasteiger partial charge in [0.2, 0.25) is 0 Å². The molecule has 1 aromatic rings. The predicted octanol–water partition coefficient (Wildman–Crippen LogP) is 2.10. The van der Waals surface area contributed by atoms with Crippen molar-refractivity contribution in [3.05, 3.63) is 35.1 Å². The normalized spacial score (nSPS) is 18.0. The van der Waals surface area contributed by atoms with Gasteiger partial charge in [-0.05, 0) is 31.0 Å². The smallest absolute Gasteiger partial charge is 0.308 e. The zero-order valence-corrected chi connectivity index (χ0v) is 11.2. The van der Waals surface area contributed by atoms with Crippen molar-refractivity contribution < 1.29 is 19.1 Å². The maximum atomic E-state index is 13.6. The largest absolute Gasteiger partial charge is 0.481 e. The molecule has 6 heteroatoms. The molecule has 0 aliphatic carbocycles. The van der Waals surface area contributed by atoms with Crippen LogP contribution in [0.2, 0.25) is 0 Å². The summed E-state index contributed by atoms with van der Waals surface area (Å²) in [5, 5.41) is 8.86. The highest BCUT2D eigenvalue weighted by atomic mass is 35.5. The van der Waals surface area contributed by atoms with Gasteiger partial charge in [-0.2, -0.15) is 0 Å². The first kappa shape index (κ1) is 15.4. The fraction of sp³-hybridized carbons (Fsp3) is 0.385. The number of carbonyl (C=O) groups is 2. The van der Waals surface area contributed by atoms with Crippen molar-refractivity contribution in [2.45, 2.75) is 13.3 Å². The molecule has 1 saturated heterocycles. The summed E-state index contributed by atoms with van der Waals surface area (Å²) >= 11 is 0. The van der Waals surface area contributed by atoms with E-state index in [-0.39, 0.29) is 24.5 Å². The highest BCUT2D eigenvalue weighted by Crippen LogP contribution is 2.20. The number of carboxylic acid groups (broad SMARTS) is 1. The van der Waals surface area contributed by atoms with Crippen LogP contribution >= 0.6 is 12.4 Å². The quantitative estimate of drug-likeness (QED) is 0.906. The summed E-state index contributed by atoms with van der Waals surface area (Å²) in [6, 6.07) is 4.42. The molecular weight excluding hydrogens is 273 g/mol. The summed E-state index contributed by atoms with van der Waals surface area (Å²) in [7, 11) is 0. The number of hydrogen-bond donors (Lipinski definition) is 1. The van der Waals surface area contributed by atoms with Crippen molar-refractivity contribution >= 4 is 24.3 Å². The zero-order valence-electron chi connectivity index (χ0n) is 10.4. The zero-order chi connectivity index (χ0) is 13.3. The first-order valence-electron chi connectivity index (χ1n) is 5.77. The molecule has 1 fully saturated rings. The van der Waals surface area contributed by atoms with E-state index in [2.05, 4.69) is 0 Å². The fourth-order valence-corrected chi connectivity index (χ4v) is 2.11. The summed E-state index contributed by atoms with van der Waals surface area (Å²) in [6.07, 6.45) is 0.425. The van der Waals surface area contributed by atoms with E-state index in [1.165, 1.54) is 17.0 Å². The first-order valence-corrected chi connectivity index (χ1v) is 5.77. The summed E-state index contributed by atoms with van der Waals surface area (Å²) in [5.41, 5.74) is 0.750. The Bertz CT molecular complexity index is 507. The molecule has 2 rings (SSSR count). The monoisotopic (exact) mass is 287 g/mol. The molecule has 19 heavy (non-hydrogen) atoms. The molecule has 0 bridgehead atoms. The highest BCUT2D eigenvalue weighted by Gasteiger charge is 2.32. The minimum absolute atomic E-state index is 0. The van der Waals surface area contributed by atoms with E-state index in [4.69, 9.17) is 5.11 Å². The summed E-state index contributed by atoms with van der Waals surface area (Å²) in [6.45, 7) is 2.26. The molecule has 104 valence electrons. The molecular formula is C13H15ClFNO3. The Kier molecular flexibility index (Phi) is 4.89. The van der Waals surface area contributed by atoms with E-state index in [0.29, 0.717) is 13.0 Å². The molecule has 1 N–H and O–H groups in total. The third-order valence-corrected chi connectivity index (χ3v) is 3.18. The molecule has 1 aliphatic heterocycles. The SMILES string of the molecule is Cc1ccc(C(=O)N2CCC(C(=O)O)C2)c(F)c1.Cl. The number of rotatable bonds is 2. The van der Waals surface area contributed by atoms with Gasteiger partial charge in [-0.25, -0.2) is 4.39 Å². The van der Waals surface area contributed by atoms with E-state index in [1.54, 1.807) is 13.0 Å². The van der Waals surface area contributed by atoms with Crippen LogP contribution < -0.4 is 0 Å². The second kappa shape index (κ2) is 6.02. The van der Waals surface area contributed by atoms with Crippen molar-refractivity contribution in [3.8, 4) is 0 Å². The Morgan fingerprint density at radius 2 is 2.11 bits per heavy atom. The lowest BCUT2D eigenvalue weighted by Crippen LogP contribution is -2.30. The van der Waals surface area contributed by atoms with Crippen LogP contribution in [-0.2, 0) is 4.79 Å². The van der Waals surface area contributed by atoms with Crippen LogP contribution in [-0.4, -0.2) is 35.0 Å². The average Bonchev–Trinajstić information content (AvgIpc) is 2.77. The lowest BCUT2D eigenvalue weighted by molar-refractivity contribution is -0.141. The molecule has 1 aromatic carbocycles. The topological polar surface area (TPSA) is 57.6 Å². The van der Waals surface area contributed by atoms with Crippen molar-refractivity contribution in [2.75, 3.05) is 13.1 Å². The Hall–Kier alpha value is -1.62. The lowest BCUT2D eigenvalue weighted by Gasteiger charge is -2.16. The van der Waals surface area contributed by atoms with Gasteiger partial charge in [0.05, 0.1) is 11.5 Å². The number of aliphatic carboxylic acids is 1. The van der Waals surface area contributed by atoms with E-state index in [9.17, 15) is 14.0 Å². The second-order valence-electron chi connectivity index (χ2n) is 4.56. The van der Waals surface area contributed by atoms with Gasteiger partial charge in [-0.1, -0.05) is 6.07 Å². The second-order valence-corrected chi connectivity index (χ2v) is 4.56. The molecule has 4 nitrogen and oxygen atoms in total. The Morgan fingerprint density at radius 1 is 1.42 bits per heavy atom. The van der Waals surface area contributed by atoms with E-state index >= 15 is 0 Å². The minimum atomic E-state index is -0.908. The third-order valence-electron chi connectivity index (χ3n) is 3.18. The van der Waals surface area contributed by atoms with Crippen molar-refractivity contribution in [1.29, 1.82) is 0 Å². The number of likely N-dealkylation sites (tertiary alicyclic amines) is 1. The summed E-state index contributed by atoms with van der Waals surface area (Å²) in [4.78, 5) is 24.2. The molecule has 0 spiro atoms. The molecule has 0 aromatic heterocycles. The highest BCUT2D eigenvalue weighted by molar-refractivity contribution is 5.95. The number of carboxylic acids is 1. The number of carbonyl (C=O) groups excluding carboxylic acids is 1. The van der Waals surface area contributed by atoms with Crippen LogP contribution in [0, 0.1) is 18.7 Å². The van der Waals surface area contributed by atoms with Crippen LogP contribution in [0.1, 0.15) is 22.3 Å². The van der Waals surface area contributed by atoms with E-state index < -0.39 is 23.6 Å². The van der Waals surface area contributed by atoms with Gasteiger partial charge in [0, 0.05) is 13.1 Å². The Labute approximate surface area is 116 Å². The van der Waals surface area contributed by atoms with Gasteiger partial charge in [0.25, 0.3) is 5.91 Å². The lowest BCUT2D eigenvalue weighted by atomic mass is 10.1. The predicted molar refractivity (Wildman–Crippen MR) is 70.0 cm³/mol. The van der Waals surface area contributed by atoms with Crippen LogP contribution in [0.25, 0.3) is 0 Å². The number of nitrogens with zero attached hydrogens (tertiary/aromatic N) is 1. The number of halogens is 2. The Morgan fingerprint density at radius 3 is 2.63 bits per heavy atom. The maximum Gasteiger partial charge on any atom is 0.308 e. The molecule has 0 radical (unpaired) electrons. The molecule has 0 saturated carbocycles. The molecule has 1 heterocycles. The average molecular weight is 288 g/mol. The molecule has 1 unspecified atom stereocenters. The third kappa shape index (κ3) is 3.23. The minimum Gasteiger partial charge on any atom is -0.481 e. The van der Waals surface area contributed by atoms with Crippen LogP contribution in [0.15, 0.2) is 18.2 Å². The van der Waals surface area contributed by atoms with Crippen molar-refractivity contribution in [1.82, 2.24) is 4.90 Å². The molecule has 1 aliphatic rings. The van der Waals surface area contributed by atoms with E-state index in [1.807, 2.05) is 0 Å². The summed E-state index contributed by atoms with van der Waals surface area (Å²) < 4.78 is 13.6. The van der Waals surface area contributed by atoms with Crippen LogP contribution in [0.5, 0.6) is 0 Å². The maximum absolute atomic E-state index is 13.6.